The highest BCUT2D eigenvalue weighted by atomic mass is 32.1. The molecule has 0 aliphatic carbocycles. The third-order valence-electron chi connectivity index (χ3n) is 4.07. The molecule has 0 saturated carbocycles. The Morgan fingerprint density at radius 3 is 2.06 bits per heavy atom. The Labute approximate surface area is 116 Å². The summed E-state index contributed by atoms with van der Waals surface area (Å²) in [5.41, 5.74) is 0. The van der Waals surface area contributed by atoms with Crippen LogP contribution in [0.3, 0.4) is 0 Å². The van der Waals surface area contributed by atoms with Gasteiger partial charge < -0.3 is 4.74 Å². The van der Waals surface area contributed by atoms with E-state index in [9.17, 15) is 0 Å². The summed E-state index contributed by atoms with van der Waals surface area (Å²) in [4.78, 5) is 0. The summed E-state index contributed by atoms with van der Waals surface area (Å²) < 4.78 is 5.60. The van der Waals surface area contributed by atoms with E-state index >= 15 is 0 Å². The molecule has 0 saturated heterocycles. The molecule has 0 aromatic heterocycles. The van der Waals surface area contributed by atoms with Gasteiger partial charge in [-0.1, -0.05) is 42.7 Å². The normalized spacial score (nSPS) is 21.4. The van der Waals surface area contributed by atoms with Crippen molar-refractivity contribution in [2.24, 2.45) is 17.8 Å². The van der Waals surface area contributed by atoms with Gasteiger partial charge in [0.25, 0.3) is 0 Å². The van der Waals surface area contributed by atoms with Crippen LogP contribution in [-0.2, 0) is 4.74 Å². The molecule has 0 fully saturated rings. The maximum Gasteiger partial charge on any atom is 0.0758 e. The fourth-order valence-corrected chi connectivity index (χ4v) is 3.81. The lowest BCUT2D eigenvalue weighted by Gasteiger charge is -2.33. The predicted octanol–water partition coefficient (Wildman–Crippen LogP) is 4.66. The van der Waals surface area contributed by atoms with E-state index in [-0.39, 0.29) is 0 Å². The number of hydrogen-bond acceptors (Lipinski definition) is 2. The number of methoxy groups -OCH3 is 1. The van der Waals surface area contributed by atoms with E-state index < -0.39 is 0 Å². The van der Waals surface area contributed by atoms with Crippen molar-refractivity contribution < 1.29 is 4.74 Å². The Morgan fingerprint density at radius 2 is 1.71 bits per heavy atom. The van der Waals surface area contributed by atoms with Crippen LogP contribution in [0.2, 0.25) is 0 Å². The van der Waals surface area contributed by atoms with Crippen LogP contribution in [0.25, 0.3) is 0 Å². The van der Waals surface area contributed by atoms with E-state index in [1.807, 2.05) is 7.11 Å². The van der Waals surface area contributed by atoms with Gasteiger partial charge in [0.2, 0.25) is 0 Å². The van der Waals surface area contributed by atoms with Crippen molar-refractivity contribution >= 4 is 21.2 Å². The van der Waals surface area contributed by atoms with Gasteiger partial charge in [0.15, 0.2) is 0 Å². The van der Waals surface area contributed by atoms with Gasteiger partial charge in [-0.2, -0.15) is 12.6 Å². The molecule has 0 bridgehead atoms. The van der Waals surface area contributed by atoms with Crippen LogP contribution in [0.1, 0.15) is 47.0 Å². The second-order valence-corrected chi connectivity index (χ2v) is 7.29. The second kappa shape index (κ2) is 9.64. The average molecular weight is 278 g/mol. The average Bonchev–Trinajstić information content (AvgIpc) is 2.30. The first-order valence-corrected chi connectivity index (χ1v) is 8.95. The van der Waals surface area contributed by atoms with Crippen molar-refractivity contribution in [3.05, 3.63) is 0 Å². The summed E-state index contributed by atoms with van der Waals surface area (Å²) in [7, 11) is 2.72. The quantitative estimate of drug-likeness (QED) is 0.476. The molecule has 0 radical (unpaired) electrons. The van der Waals surface area contributed by atoms with Crippen molar-refractivity contribution in [1.29, 1.82) is 0 Å². The van der Waals surface area contributed by atoms with Crippen LogP contribution < -0.4 is 0 Å². The molecule has 104 valence electrons. The Hall–Kier alpha value is 0.740. The number of hydrogen-bond donors (Lipinski definition) is 1. The molecule has 0 N–H and O–H groups in total. The molecule has 0 amide bonds. The largest absolute Gasteiger partial charge is 0.377 e. The smallest absolute Gasteiger partial charge is 0.0758 e. The minimum atomic E-state index is 0.437. The molecular formula is C14H31OPS. The second-order valence-electron chi connectivity index (χ2n) is 5.26. The maximum atomic E-state index is 5.60. The fraction of sp³-hybridized carbons (Fsp3) is 1.00. The Kier molecular flexibility index (Phi) is 10.1. The Bertz CT molecular complexity index is 183. The Balaban J connectivity index is 4.34. The summed E-state index contributed by atoms with van der Waals surface area (Å²) in [5, 5.41) is 0.526. The van der Waals surface area contributed by atoms with Gasteiger partial charge in [0.1, 0.15) is 0 Å². The van der Waals surface area contributed by atoms with Crippen LogP contribution in [0.4, 0.5) is 0 Å². The van der Waals surface area contributed by atoms with Gasteiger partial charge >= 0.3 is 0 Å². The van der Waals surface area contributed by atoms with Crippen LogP contribution in [0.5, 0.6) is 0 Å². The third-order valence-corrected chi connectivity index (χ3v) is 5.66. The van der Waals surface area contributed by atoms with Crippen molar-refractivity contribution in [2.45, 2.75) is 58.1 Å². The molecule has 6 atom stereocenters. The first kappa shape index (κ1) is 17.7. The number of rotatable bonds is 9. The van der Waals surface area contributed by atoms with Gasteiger partial charge in [-0.3, -0.25) is 0 Å². The van der Waals surface area contributed by atoms with Gasteiger partial charge in [0.05, 0.1) is 5.85 Å². The van der Waals surface area contributed by atoms with Gasteiger partial charge in [0, 0.05) is 7.11 Å². The molecule has 0 heterocycles. The maximum absolute atomic E-state index is 5.60. The van der Waals surface area contributed by atoms with Crippen LogP contribution >= 0.6 is 21.2 Å². The van der Waals surface area contributed by atoms with Crippen molar-refractivity contribution in [3.8, 4) is 0 Å². The van der Waals surface area contributed by atoms with Gasteiger partial charge in [-0.15, -0.1) is 0 Å². The molecule has 0 spiro atoms. The van der Waals surface area contributed by atoms with E-state index in [1.165, 1.54) is 19.3 Å². The van der Waals surface area contributed by atoms with Crippen molar-refractivity contribution in [3.63, 3.8) is 0 Å². The molecule has 0 aromatic carbocycles. The van der Waals surface area contributed by atoms with E-state index in [4.69, 9.17) is 4.74 Å². The van der Waals surface area contributed by atoms with E-state index in [2.05, 4.69) is 47.0 Å². The topological polar surface area (TPSA) is 9.23 Å². The molecule has 0 aliphatic rings. The number of ether oxygens (including phenoxy) is 1. The molecule has 17 heavy (non-hydrogen) atoms. The lowest BCUT2D eigenvalue weighted by Crippen LogP contribution is -2.27. The highest BCUT2D eigenvalue weighted by molar-refractivity contribution is 7.80. The van der Waals surface area contributed by atoms with Crippen LogP contribution in [0, 0.1) is 17.8 Å². The lowest BCUT2D eigenvalue weighted by atomic mass is 9.80. The summed E-state index contributed by atoms with van der Waals surface area (Å²) in [5.74, 6) is 2.65. The van der Waals surface area contributed by atoms with Gasteiger partial charge in [-0.05, 0) is 42.5 Å². The SMILES string of the molecule is CC[C@@H](CCC(C)S)[C@@H](C)[C@@H](C)[C@@H](OC)PC. The molecule has 0 rings (SSSR count). The van der Waals surface area contributed by atoms with Crippen LogP contribution in [0.15, 0.2) is 0 Å². The highest BCUT2D eigenvalue weighted by Gasteiger charge is 2.26. The van der Waals surface area contributed by atoms with Crippen LogP contribution in [-0.4, -0.2) is 24.9 Å². The minimum Gasteiger partial charge on any atom is -0.377 e. The standard InChI is InChI=1S/C14H31OPS/c1-7-13(9-8-10(2)17)11(3)12(4)14(15-5)16-6/h10-14,16-17H,7-9H2,1-6H3/t10?,11-,12+,13-,14-/m0/s1. The summed E-state index contributed by atoms with van der Waals surface area (Å²) >= 11 is 4.49. The zero-order valence-corrected chi connectivity index (χ0v) is 14.3. The minimum absolute atomic E-state index is 0.437. The molecular weight excluding hydrogens is 247 g/mol. The fourth-order valence-electron chi connectivity index (χ4n) is 2.59. The zero-order chi connectivity index (χ0) is 13.4. The molecule has 1 nitrogen and oxygen atoms in total. The molecule has 2 unspecified atom stereocenters. The van der Waals surface area contributed by atoms with Gasteiger partial charge in [-0.25, -0.2) is 0 Å². The summed E-state index contributed by atoms with van der Waals surface area (Å²) in [6, 6.07) is 0. The summed E-state index contributed by atoms with van der Waals surface area (Å²) in [6.45, 7) is 11.5. The molecule has 0 aromatic rings. The first-order chi connectivity index (χ1) is 7.97. The van der Waals surface area contributed by atoms with E-state index in [0.29, 0.717) is 17.0 Å². The van der Waals surface area contributed by atoms with E-state index in [0.717, 1.165) is 20.4 Å². The third kappa shape index (κ3) is 6.45. The Morgan fingerprint density at radius 1 is 1.12 bits per heavy atom. The first-order valence-electron chi connectivity index (χ1n) is 6.85. The lowest BCUT2D eigenvalue weighted by molar-refractivity contribution is 0.0812. The predicted molar refractivity (Wildman–Crippen MR) is 84.8 cm³/mol. The summed E-state index contributed by atoms with van der Waals surface area (Å²) in [6.07, 6.45) is 3.80. The molecule has 3 heteroatoms. The van der Waals surface area contributed by atoms with Crippen molar-refractivity contribution in [2.75, 3.05) is 13.8 Å². The zero-order valence-electron chi connectivity index (χ0n) is 12.4. The number of thiol groups is 1. The molecule has 0 aliphatic heterocycles. The monoisotopic (exact) mass is 278 g/mol. The highest BCUT2D eigenvalue weighted by Crippen LogP contribution is 2.35. The van der Waals surface area contributed by atoms with Crippen molar-refractivity contribution in [1.82, 2.24) is 0 Å². The van der Waals surface area contributed by atoms with E-state index in [1.54, 1.807) is 0 Å².